The Labute approximate surface area is 148 Å². The minimum atomic E-state index is -4.35. The van der Waals surface area contributed by atoms with Gasteiger partial charge in [0.05, 0.1) is 17.0 Å². The molecule has 3 aromatic rings. The van der Waals surface area contributed by atoms with Gasteiger partial charge in [-0.25, -0.2) is 0 Å². The van der Waals surface area contributed by atoms with Gasteiger partial charge in [-0.15, -0.1) is 0 Å². The number of benzene rings is 2. The summed E-state index contributed by atoms with van der Waals surface area (Å²) in [6, 6.07) is 14.2. The standard InChI is InChI=1S/C19H16F3N3O/c1-12(26)23-11-13-2-4-14(5-3-13)17-10-18(25-24-17)15-6-8-16(9-7-15)19(20,21)22/h2-10H,11H2,1H3,(H,23,26)(H,24,25). The van der Waals surface area contributed by atoms with Crippen LogP contribution in [0.5, 0.6) is 0 Å². The average molecular weight is 359 g/mol. The van der Waals surface area contributed by atoms with Gasteiger partial charge in [0, 0.05) is 19.0 Å². The number of nitrogens with zero attached hydrogens (tertiary/aromatic N) is 1. The third-order valence-corrected chi connectivity index (χ3v) is 3.89. The maximum Gasteiger partial charge on any atom is 0.416 e. The predicted octanol–water partition coefficient (Wildman–Crippen LogP) is 4.40. The smallest absolute Gasteiger partial charge is 0.352 e. The summed E-state index contributed by atoms with van der Waals surface area (Å²) >= 11 is 0. The van der Waals surface area contributed by atoms with Crippen LogP contribution < -0.4 is 5.32 Å². The number of carbonyl (C=O) groups is 1. The summed E-state index contributed by atoms with van der Waals surface area (Å²) in [4.78, 5) is 10.9. The number of amides is 1. The fourth-order valence-electron chi connectivity index (χ4n) is 2.48. The molecule has 0 aliphatic rings. The van der Waals surface area contributed by atoms with Crippen LogP contribution in [0.15, 0.2) is 54.6 Å². The lowest BCUT2D eigenvalue weighted by molar-refractivity contribution is -0.137. The third-order valence-electron chi connectivity index (χ3n) is 3.89. The van der Waals surface area contributed by atoms with E-state index in [0.29, 0.717) is 17.8 Å². The van der Waals surface area contributed by atoms with Gasteiger partial charge < -0.3 is 5.32 Å². The zero-order valence-electron chi connectivity index (χ0n) is 13.9. The highest BCUT2D eigenvalue weighted by Gasteiger charge is 2.30. The first-order valence-corrected chi connectivity index (χ1v) is 7.90. The summed E-state index contributed by atoms with van der Waals surface area (Å²) in [5.41, 5.74) is 3.09. The molecular weight excluding hydrogens is 343 g/mol. The first kappa shape index (κ1) is 17.7. The summed E-state index contributed by atoms with van der Waals surface area (Å²) < 4.78 is 37.9. The van der Waals surface area contributed by atoms with Crippen molar-refractivity contribution in [2.75, 3.05) is 0 Å². The minimum absolute atomic E-state index is 0.0937. The van der Waals surface area contributed by atoms with Crippen molar-refractivity contribution in [3.05, 3.63) is 65.7 Å². The molecule has 1 amide bonds. The van der Waals surface area contributed by atoms with Crippen LogP contribution in [0.25, 0.3) is 22.5 Å². The molecule has 0 spiro atoms. The molecule has 0 radical (unpaired) electrons. The SMILES string of the molecule is CC(=O)NCc1ccc(-c2cc(-c3ccc(C(F)(F)F)cc3)n[nH]2)cc1. The molecule has 7 heteroatoms. The molecule has 0 saturated heterocycles. The lowest BCUT2D eigenvalue weighted by Gasteiger charge is -2.06. The average Bonchev–Trinajstić information content (AvgIpc) is 3.10. The number of hydrogen-bond acceptors (Lipinski definition) is 2. The normalized spacial score (nSPS) is 11.4. The maximum absolute atomic E-state index is 12.6. The van der Waals surface area contributed by atoms with Crippen LogP contribution in [0, 0.1) is 0 Å². The Bertz CT molecular complexity index is 897. The first-order valence-electron chi connectivity index (χ1n) is 7.90. The van der Waals surface area contributed by atoms with E-state index in [9.17, 15) is 18.0 Å². The Kier molecular flexibility index (Phi) is 4.79. The number of aromatic nitrogens is 2. The van der Waals surface area contributed by atoms with E-state index in [0.717, 1.165) is 29.0 Å². The predicted molar refractivity (Wildman–Crippen MR) is 92.0 cm³/mol. The van der Waals surface area contributed by atoms with E-state index in [-0.39, 0.29) is 5.91 Å². The molecular formula is C19H16F3N3O. The van der Waals surface area contributed by atoms with Crippen LogP contribution in [0.4, 0.5) is 13.2 Å². The quantitative estimate of drug-likeness (QED) is 0.725. The summed E-state index contributed by atoms with van der Waals surface area (Å²) in [6.45, 7) is 1.91. The van der Waals surface area contributed by atoms with E-state index in [1.54, 1.807) is 6.07 Å². The van der Waals surface area contributed by atoms with Gasteiger partial charge in [-0.1, -0.05) is 36.4 Å². The van der Waals surface area contributed by atoms with E-state index in [4.69, 9.17) is 0 Å². The zero-order valence-corrected chi connectivity index (χ0v) is 13.9. The van der Waals surface area contributed by atoms with E-state index in [2.05, 4.69) is 15.5 Å². The summed E-state index contributed by atoms with van der Waals surface area (Å²) in [5.74, 6) is -0.0937. The molecule has 4 nitrogen and oxygen atoms in total. The first-order chi connectivity index (χ1) is 12.3. The third kappa shape index (κ3) is 4.11. The fourth-order valence-corrected chi connectivity index (χ4v) is 2.48. The number of nitrogens with one attached hydrogen (secondary N) is 2. The highest BCUT2D eigenvalue weighted by atomic mass is 19.4. The van der Waals surface area contributed by atoms with Crippen molar-refractivity contribution >= 4 is 5.91 Å². The summed E-state index contributed by atoms with van der Waals surface area (Å²) in [5, 5.41) is 9.79. The summed E-state index contributed by atoms with van der Waals surface area (Å²) in [6.07, 6.45) is -4.35. The van der Waals surface area contributed by atoms with E-state index in [1.807, 2.05) is 24.3 Å². The van der Waals surface area contributed by atoms with Gasteiger partial charge in [-0.2, -0.15) is 18.3 Å². The number of hydrogen-bond donors (Lipinski definition) is 2. The number of halogens is 3. The Hall–Kier alpha value is -3.09. The number of H-pyrrole nitrogens is 1. The lowest BCUT2D eigenvalue weighted by atomic mass is 10.1. The molecule has 1 aromatic heterocycles. The van der Waals surface area contributed by atoms with Crippen LogP contribution in [-0.4, -0.2) is 16.1 Å². The van der Waals surface area contributed by atoms with Crippen molar-refractivity contribution in [1.29, 1.82) is 0 Å². The van der Waals surface area contributed by atoms with Crippen LogP contribution in [0.2, 0.25) is 0 Å². The van der Waals surface area contributed by atoms with Crippen LogP contribution in [-0.2, 0) is 17.5 Å². The van der Waals surface area contributed by atoms with Gasteiger partial charge in [-0.3, -0.25) is 9.89 Å². The molecule has 2 N–H and O–H groups in total. The van der Waals surface area contributed by atoms with Crippen molar-refractivity contribution < 1.29 is 18.0 Å². The van der Waals surface area contributed by atoms with Gasteiger partial charge in [-0.05, 0) is 29.3 Å². The van der Waals surface area contributed by atoms with Gasteiger partial charge in [0.15, 0.2) is 0 Å². The second-order valence-electron chi connectivity index (χ2n) is 5.85. The van der Waals surface area contributed by atoms with Crippen LogP contribution in [0.1, 0.15) is 18.1 Å². The zero-order chi connectivity index (χ0) is 18.7. The Morgan fingerprint density at radius 3 is 2.23 bits per heavy atom. The van der Waals surface area contributed by atoms with Crippen molar-refractivity contribution in [1.82, 2.24) is 15.5 Å². The van der Waals surface area contributed by atoms with E-state index in [1.165, 1.54) is 19.1 Å². The lowest BCUT2D eigenvalue weighted by Crippen LogP contribution is -2.18. The Balaban J connectivity index is 1.76. The second kappa shape index (κ2) is 7.03. The van der Waals surface area contributed by atoms with E-state index >= 15 is 0 Å². The topological polar surface area (TPSA) is 57.8 Å². The van der Waals surface area contributed by atoms with Gasteiger partial charge in [0.25, 0.3) is 0 Å². The number of aromatic amines is 1. The highest BCUT2D eigenvalue weighted by Crippen LogP contribution is 2.31. The van der Waals surface area contributed by atoms with Crippen molar-refractivity contribution in [2.45, 2.75) is 19.6 Å². The van der Waals surface area contributed by atoms with Crippen molar-refractivity contribution in [3.8, 4) is 22.5 Å². The molecule has 0 atom stereocenters. The molecule has 2 aromatic carbocycles. The summed E-state index contributed by atoms with van der Waals surface area (Å²) in [7, 11) is 0. The van der Waals surface area contributed by atoms with Gasteiger partial charge in [0.1, 0.15) is 0 Å². The Morgan fingerprint density at radius 1 is 1.04 bits per heavy atom. The molecule has 1 heterocycles. The molecule has 0 aliphatic heterocycles. The maximum atomic E-state index is 12.6. The molecule has 0 bridgehead atoms. The fraction of sp³-hybridized carbons (Fsp3) is 0.158. The molecule has 0 unspecified atom stereocenters. The van der Waals surface area contributed by atoms with Crippen molar-refractivity contribution in [2.24, 2.45) is 0 Å². The highest BCUT2D eigenvalue weighted by molar-refractivity contribution is 5.73. The molecule has 3 rings (SSSR count). The molecule has 0 saturated carbocycles. The molecule has 26 heavy (non-hydrogen) atoms. The Morgan fingerprint density at radius 2 is 1.65 bits per heavy atom. The minimum Gasteiger partial charge on any atom is -0.352 e. The molecule has 0 fully saturated rings. The van der Waals surface area contributed by atoms with E-state index < -0.39 is 11.7 Å². The number of rotatable bonds is 4. The largest absolute Gasteiger partial charge is 0.416 e. The van der Waals surface area contributed by atoms with Gasteiger partial charge in [0.2, 0.25) is 5.91 Å². The molecule has 0 aliphatic carbocycles. The monoisotopic (exact) mass is 359 g/mol. The number of alkyl halides is 3. The van der Waals surface area contributed by atoms with Crippen LogP contribution >= 0.6 is 0 Å². The number of carbonyl (C=O) groups excluding carboxylic acids is 1. The van der Waals surface area contributed by atoms with Crippen LogP contribution in [0.3, 0.4) is 0 Å². The van der Waals surface area contributed by atoms with Crippen molar-refractivity contribution in [3.63, 3.8) is 0 Å². The second-order valence-corrected chi connectivity index (χ2v) is 5.85. The molecule has 134 valence electrons. The van der Waals surface area contributed by atoms with Gasteiger partial charge >= 0.3 is 6.18 Å².